The molecule has 0 heterocycles. The molecule has 0 bridgehead atoms. The Morgan fingerprint density at radius 2 is 1.89 bits per heavy atom. The van der Waals surface area contributed by atoms with E-state index in [0.29, 0.717) is 0 Å². The third-order valence-corrected chi connectivity index (χ3v) is 2.06. The maximum atomic E-state index is 9.33. The second-order valence-electron chi connectivity index (χ2n) is 3.77. The summed E-state index contributed by atoms with van der Waals surface area (Å²) in [6, 6.07) is 0. The van der Waals surface area contributed by atoms with Crippen molar-refractivity contribution in [1.29, 1.82) is 0 Å². The van der Waals surface area contributed by atoms with Crippen LogP contribution in [0.4, 0.5) is 0 Å². The van der Waals surface area contributed by atoms with Gasteiger partial charge in [0.1, 0.15) is 0 Å². The standard InChI is InChI=1S/C7H14O2/c1-6(2,8)5-4-7(5,3)9/h5,8-9H,4H2,1-3H3. The molecule has 0 saturated heterocycles. The Morgan fingerprint density at radius 3 is 1.89 bits per heavy atom. The van der Waals surface area contributed by atoms with E-state index in [2.05, 4.69) is 0 Å². The van der Waals surface area contributed by atoms with Crippen LogP contribution in [0, 0.1) is 5.92 Å². The van der Waals surface area contributed by atoms with Crippen LogP contribution < -0.4 is 0 Å². The molecule has 0 aromatic rings. The Hall–Kier alpha value is -0.0800. The highest BCUT2D eigenvalue weighted by atomic mass is 16.3. The summed E-state index contributed by atoms with van der Waals surface area (Å²) in [7, 11) is 0. The van der Waals surface area contributed by atoms with Crippen molar-refractivity contribution in [1.82, 2.24) is 0 Å². The van der Waals surface area contributed by atoms with Gasteiger partial charge in [0, 0.05) is 5.92 Å². The maximum Gasteiger partial charge on any atom is 0.0680 e. The Morgan fingerprint density at radius 1 is 1.56 bits per heavy atom. The normalized spacial score (nSPS) is 43.0. The van der Waals surface area contributed by atoms with Crippen molar-refractivity contribution in [3.63, 3.8) is 0 Å². The van der Waals surface area contributed by atoms with Gasteiger partial charge < -0.3 is 10.2 Å². The molecule has 2 nitrogen and oxygen atoms in total. The van der Waals surface area contributed by atoms with Crippen LogP contribution in [-0.2, 0) is 0 Å². The van der Waals surface area contributed by atoms with Gasteiger partial charge in [-0.2, -0.15) is 0 Å². The highest BCUT2D eigenvalue weighted by Crippen LogP contribution is 2.49. The van der Waals surface area contributed by atoms with E-state index in [-0.39, 0.29) is 5.92 Å². The Kier molecular flexibility index (Phi) is 1.17. The first-order valence-corrected chi connectivity index (χ1v) is 3.29. The van der Waals surface area contributed by atoms with Crippen molar-refractivity contribution in [2.75, 3.05) is 0 Å². The number of hydrogen-bond acceptors (Lipinski definition) is 2. The van der Waals surface area contributed by atoms with Crippen molar-refractivity contribution >= 4 is 0 Å². The molecule has 0 radical (unpaired) electrons. The van der Waals surface area contributed by atoms with E-state index in [1.54, 1.807) is 20.8 Å². The number of aliphatic hydroxyl groups is 2. The fourth-order valence-electron chi connectivity index (χ4n) is 1.37. The molecular formula is C7H14O2. The molecule has 1 rings (SSSR count). The van der Waals surface area contributed by atoms with E-state index >= 15 is 0 Å². The molecule has 9 heavy (non-hydrogen) atoms. The lowest BCUT2D eigenvalue weighted by molar-refractivity contribution is 0.0175. The largest absolute Gasteiger partial charge is 0.390 e. The molecule has 2 N–H and O–H groups in total. The van der Waals surface area contributed by atoms with E-state index in [9.17, 15) is 10.2 Å². The summed E-state index contributed by atoms with van der Waals surface area (Å²) in [5.74, 6) is 0.0741. The molecule has 2 atom stereocenters. The summed E-state index contributed by atoms with van der Waals surface area (Å²) < 4.78 is 0. The first-order valence-electron chi connectivity index (χ1n) is 3.29. The highest BCUT2D eigenvalue weighted by molar-refractivity contribution is 5.06. The van der Waals surface area contributed by atoms with Crippen molar-refractivity contribution < 1.29 is 10.2 Å². The van der Waals surface area contributed by atoms with Crippen molar-refractivity contribution in [2.24, 2.45) is 5.92 Å². The van der Waals surface area contributed by atoms with Crippen LogP contribution in [0.1, 0.15) is 27.2 Å². The zero-order valence-electron chi connectivity index (χ0n) is 6.18. The molecule has 1 fully saturated rings. The number of rotatable bonds is 1. The van der Waals surface area contributed by atoms with Gasteiger partial charge in [0.25, 0.3) is 0 Å². The van der Waals surface area contributed by atoms with E-state index < -0.39 is 11.2 Å². The van der Waals surface area contributed by atoms with Crippen LogP contribution >= 0.6 is 0 Å². The van der Waals surface area contributed by atoms with Gasteiger partial charge in [-0.15, -0.1) is 0 Å². The third-order valence-electron chi connectivity index (χ3n) is 2.06. The predicted octanol–water partition coefficient (Wildman–Crippen LogP) is 0.528. The molecule has 1 saturated carbocycles. The molecule has 0 spiro atoms. The van der Waals surface area contributed by atoms with Gasteiger partial charge in [0.05, 0.1) is 11.2 Å². The van der Waals surface area contributed by atoms with Crippen LogP contribution in [0.15, 0.2) is 0 Å². The second-order valence-corrected chi connectivity index (χ2v) is 3.77. The smallest absolute Gasteiger partial charge is 0.0680 e. The van der Waals surface area contributed by atoms with Crippen LogP contribution in [0.5, 0.6) is 0 Å². The Balaban J connectivity index is 2.52. The lowest BCUT2D eigenvalue weighted by Crippen LogP contribution is -2.26. The third kappa shape index (κ3) is 1.25. The Bertz CT molecular complexity index is 121. The van der Waals surface area contributed by atoms with Crippen LogP contribution in [0.3, 0.4) is 0 Å². The lowest BCUT2D eigenvalue weighted by atomic mass is 10.0. The first-order chi connectivity index (χ1) is 3.84. The summed E-state index contributed by atoms with van der Waals surface area (Å²) in [4.78, 5) is 0. The van der Waals surface area contributed by atoms with E-state index in [0.717, 1.165) is 6.42 Å². The van der Waals surface area contributed by atoms with E-state index in [1.807, 2.05) is 0 Å². The van der Waals surface area contributed by atoms with Crippen molar-refractivity contribution in [3.8, 4) is 0 Å². The maximum absolute atomic E-state index is 9.33. The van der Waals surface area contributed by atoms with E-state index in [1.165, 1.54) is 0 Å². The van der Waals surface area contributed by atoms with Crippen LogP contribution in [0.25, 0.3) is 0 Å². The van der Waals surface area contributed by atoms with Gasteiger partial charge in [-0.25, -0.2) is 0 Å². The topological polar surface area (TPSA) is 40.5 Å². The average molecular weight is 130 g/mol. The van der Waals surface area contributed by atoms with Gasteiger partial charge in [-0.3, -0.25) is 0 Å². The minimum Gasteiger partial charge on any atom is -0.390 e. The van der Waals surface area contributed by atoms with Gasteiger partial charge >= 0.3 is 0 Å². The fourth-order valence-corrected chi connectivity index (χ4v) is 1.37. The molecule has 0 aromatic carbocycles. The zero-order valence-corrected chi connectivity index (χ0v) is 6.18. The first kappa shape index (κ1) is 7.03. The van der Waals surface area contributed by atoms with Gasteiger partial charge in [0.15, 0.2) is 0 Å². The molecule has 1 aliphatic carbocycles. The van der Waals surface area contributed by atoms with Crippen molar-refractivity contribution in [3.05, 3.63) is 0 Å². The predicted molar refractivity (Wildman–Crippen MR) is 35.0 cm³/mol. The minimum absolute atomic E-state index is 0.0741. The monoisotopic (exact) mass is 130 g/mol. The molecule has 0 aliphatic heterocycles. The molecule has 0 aromatic heterocycles. The molecule has 2 unspecified atom stereocenters. The molecule has 0 amide bonds. The Labute approximate surface area is 55.5 Å². The molecular weight excluding hydrogens is 116 g/mol. The van der Waals surface area contributed by atoms with Crippen molar-refractivity contribution in [2.45, 2.75) is 38.4 Å². The summed E-state index contributed by atoms with van der Waals surface area (Å²) >= 11 is 0. The summed E-state index contributed by atoms with van der Waals surface area (Å²) in [6.07, 6.45) is 0.733. The quantitative estimate of drug-likeness (QED) is 0.543. The highest BCUT2D eigenvalue weighted by Gasteiger charge is 2.55. The summed E-state index contributed by atoms with van der Waals surface area (Å²) in [5.41, 5.74) is -1.30. The second kappa shape index (κ2) is 1.50. The summed E-state index contributed by atoms with van der Waals surface area (Å²) in [6.45, 7) is 5.23. The average Bonchev–Trinajstić information content (AvgIpc) is 2.10. The minimum atomic E-state index is -0.705. The van der Waals surface area contributed by atoms with E-state index in [4.69, 9.17) is 0 Å². The van der Waals surface area contributed by atoms with Gasteiger partial charge in [0.2, 0.25) is 0 Å². The van der Waals surface area contributed by atoms with Gasteiger partial charge in [-0.05, 0) is 27.2 Å². The zero-order chi connectivity index (χ0) is 7.28. The van der Waals surface area contributed by atoms with Crippen LogP contribution in [-0.4, -0.2) is 21.4 Å². The number of hydrogen-bond donors (Lipinski definition) is 2. The SMILES string of the molecule is CC(C)(O)C1CC1(C)O. The molecule has 2 heteroatoms. The molecule has 54 valence electrons. The van der Waals surface area contributed by atoms with Crippen LogP contribution in [0.2, 0.25) is 0 Å². The lowest BCUT2D eigenvalue weighted by Gasteiger charge is -2.17. The van der Waals surface area contributed by atoms with Gasteiger partial charge in [-0.1, -0.05) is 0 Å². The molecule has 1 aliphatic rings. The summed E-state index contributed by atoms with van der Waals surface area (Å²) in [5, 5.41) is 18.6. The fraction of sp³-hybridized carbons (Fsp3) is 1.00.